The standard InChI is InChI=1S/C14H14FNO/c1-14(17,9-11-4-3-7-16-10-11)12-5-2-6-13(15)8-12/h2-8,10,17H,9H2,1H3. The van der Waals surface area contributed by atoms with E-state index in [-0.39, 0.29) is 5.82 Å². The molecular weight excluding hydrogens is 217 g/mol. The lowest BCUT2D eigenvalue weighted by Crippen LogP contribution is -2.24. The van der Waals surface area contributed by atoms with Crippen LogP contribution in [0.5, 0.6) is 0 Å². The highest BCUT2D eigenvalue weighted by Crippen LogP contribution is 2.25. The van der Waals surface area contributed by atoms with Gasteiger partial charge >= 0.3 is 0 Å². The van der Waals surface area contributed by atoms with Crippen LogP contribution in [-0.2, 0) is 12.0 Å². The van der Waals surface area contributed by atoms with Crippen LogP contribution >= 0.6 is 0 Å². The Kier molecular flexibility index (Phi) is 3.20. The van der Waals surface area contributed by atoms with Gasteiger partial charge in [0.25, 0.3) is 0 Å². The molecule has 0 fully saturated rings. The Morgan fingerprint density at radius 2 is 2.12 bits per heavy atom. The molecule has 2 nitrogen and oxygen atoms in total. The third kappa shape index (κ3) is 2.88. The van der Waals surface area contributed by atoms with E-state index in [9.17, 15) is 9.50 Å². The van der Waals surface area contributed by atoms with E-state index in [0.717, 1.165) is 5.56 Å². The zero-order valence-corrected chi connectivity index (χ0v) is 9.60. The highest BCUT2D eigenvalue weighted by molar-refractivity contribution is 5.25. The Morgan fingerprint density at radius 1 is 1.29 bits per heavy atom. The topological polar surface area (TPSA) is 33.1 Å². The highest BCUT2D eigenvalue weighted by Gasteiger charge is 2.23. The predicted molar refractivity (Wildman–Crippen MR) is 63.9 cm³/mol. The Morgan fingerprint density at radius 3 is 2.76 bits per heavy atom. The second kappa shape index (κ2) is 4.63. The molecule has 2 rings (SSSR count). The van der Waals surface area contributed by atoms with Crippen molar-refractivity contribution < 1.29 is 9.50 Å². The third-order valence-electron chi connectivity index (χ3n) is 2.72. The Bertz CT molecular complexity index is 497. The van der Waals surface area contributed by atoms with Gasteiger partial charge in [0.2, 0.25) is 0 Å². The molecule has 1 aromatic carbocycles. The fourth-order valence-corrected chi connectivity index (χ4v) is 1.83. The summed E-state index contributed by atoms with van der Waals surface area (Å²) < 4.78 is 13.1. The lowest BCUT2D eigenvalue weighted by Gasteiger charge is -2.23. The maximum Gasteiger partial charge on any atom is 0.123 e. The van der Waals surface area contributed by atoms with Crippen molar-refractivity contribution in [1.29, 1.82) is 0 Å². The molecule has 1 unspecified atom stereocenters. The summed E-state index contributed by atoms with van der Waals surface area (Å²) in [6, 6.07) is 9.75. The van der Waals surface area contributed by atoms with Gasteiger partial charge in [-0.3, -0.25) is 4.98 Å². The van der Waals surface area contributed by atoms with Gasteiger partial charge in [0, 0.05) is 18.8 Å². The van der Waals surface area contributed by atoms with E-state index in [0.29, 0.717) is 12.0 Å². The summed E-state index contributed by atoms with van der Waals surface area (Å²) in [6.45, 7) is 1.68. The van der Waals surface area contributed by atoms with Crippen molar-refractivity contribution in [3.05, 3.63) is 65.7 Å². The number of halogens is 1. The first-order valence-electron chi connectivity index (χ1n) is 5.45. The number of hydrogen-bond acceptors (Lipinski definition) is 2. The van der Waals surface area contributed by atoms with Crippen LogP contribution in [-0.4, -0.2) is 10.1 Å². The predicted octanol–water partition coefficient (Wildman–Crippen LogP) is 2.67. The molecule has 0 saturated carbocycles. The van der Waals surface area contributed by atoms with Crippen molar-refractivity contribution >= 4 is 0 Å². The summed E-state index contributed by atoms with van der Waals surface area (Å²) in [7, 11) is 0. The summed E-state index contributed by atoms with van der Waals surface area (Å²) >= 11 is 0. The summed E-state index contributed by atoms with van der Waals surface area (Å²) in [5, 5.41) is 10.4. The average Bonchev–Trinajstić information content (AvgIpc) is 2.30. The van der Waals surface area contributed by atoms with Gasteiger partial charge in [-0.25, -0.2) is 4.39 Å². The molecule has 1 heterocycles. The Balaban J connectivity index is 2.25. The van der Waals surface area contributed by atoms with Crippen molar-refractivity contribution in [2.75, 3.05) is 0 Å². The first-order valence-corrected chi connectivity index (χ1v) is 5.45. The molecule has 0 aliphatic rings. The van der Waals surface area contributed by atoms with E-state index in [2.05, 4.69) is 4.98 Å². The first kappa shape index (κ1) is 11.7. The van der Waals surface area contributed by atoms with Gasteiger partial charge in [-0.1, -0.05) is 18.2 Å². The van der Waals surface area contributed by atoms with Gasteiger partial charge in [-0.2, -0.15) is 0 Å². The molecule has 3 heteroatoms. The second-order valence-electron chi connectivity index (χ2n) is 4.32. The van der Waals surface area contributed by atoms with Gasteiger partial charge in [-0.15, -0.1) is 0 Å². The molecule has 17 heavy (non-hydrogen) atoms. The number of nitrogens with zero attached hydrogens (tertiary/aromatic N) is 1. The van der Waals surface area contributed by atoms with Gasteiger partial charge in [0.1, 0.15) is 5.82 Å². The van der Waals surface area contributed by atoms with Crippen molar-refractivity contribution in [3.63, 3.8) is 0 Å². The first-order chi connectivity index (χ1) is 8.08. The quantitative estimate of drug-likeness (QED) is 0.881. The fourth-order valence-electron chi connectivity index (χ4n) is 1.83. The van der Waals surface area contributed by atoms with E-state index >= 15 is 0 Å². The number of aliphatic hydroxyl groups is 1. The van der Waals surface area contributed by atoms with Crippen LogP contribution < -0.4 is 0 Å². The zero-order chi connectivity index (χ0) is 12.3. The van der Waals surface area contributed by atoms with Crippen LogP contribution in [0.1, 0.15) is 18.1 Å². The van der Waals surface area contributed by atoms with E-state index in [1.807, 2.05) is 12.1 Å². The molecule has 0 spiro atoms. The van der Waals surface area contributed by atoms with Gasteiger partial charge in [0.05, 0.1) is 5.60 Å². The fraction of sp³-hybridized carbons (Fsp3) is 0.214. The number of aromatic nitrogens is 1. The number of benzene rings is 1. The monoisotopic (exact) mass is 231 g/mol. The molecule has 0 aliphatic heterocycles. The molecule has 0 amide bonds. The molecule has 0 saturated heterocycles. The van der Waals surface area contributed by atoms with Crippen LogP contribution in [0.15, 0.2) is 48.8 Å². The largest absolute Gasteiger partial charge is 0.385 e. The van der Waals surface area contributed by atoms with Gasteiger partial charge in [0.15, 0.2) is 0 Å². The highest BCUT2D eigenvalue weighted by atomic mass is 19.1. The van der Waals surface area contributed by atoms with Crippen molar-refractivity contribution in [2.45, 2.75) is 18.9 Å². The molecule has 0 radical (unpaired) electrons. The summed E-state index contributed by atoms with van der Waals surface area (Å²) in [5.74, 6) is -0.339. The summed E-state index contributed by atoms with van der Waals surface area (Å²) in [6.07, 6.45) is 3.79. The third-order valence-corrected chi connectivity index (χ3v) is 2.72. The number of pyridine rings is 1. The molecule has 1 aromatic heterocycles. The van der Waals surface area contributed by atoms with E-state index in [1.165, 1.54) is 12.1 Å². The zero-order valence-electron chi connectivity index (χ0n) is 9.60. The molecule has 88 valence electrons. The second-order valence-corrected chi connectivity index (χ2v) is 4.32. The van der Waals surface area contributed by atoms with Gasteiger partial charge < -0.3 is 5.11 Å². The summed E-state index contributed by atoms with van der Waals surface area (Å²) in [5.41, 5.74) is 0.397. The Labute approximate surface area is 99.8 Å². The number of hydrogen-bond donors (Lipinski definition) is 1. The van der Waals surface area contributed by atoms with Crippen LogP contribution in [0.25, 0.3) is 0 Å². The maximum absolute atomic E-state index is 13.1. The van der Waals surface area contributed by atoms with Crippen molar-refractivity contribution in [3.8, 4) is 0 Å². The lowest BCUT2D eigenvalue weighted by molar-refractivity contribution is 0.0572. The minimum Gasteiger partial charge on any atom is -0.385 e. The van der Waals surface area contributed by atoms with E-state index in [4.69, 9.17) is 0 Å². The molecular formula is C14H14FNO. The minimum absolute atomic E-state index is 0.339. The number of rotatable bonds is 3. The van der Waals surface area contributed by atoms with Crippen molar-refractivity contribution in [2.24, 2.45) is 0 Å². The average molecular weight is 231 g/mol. The van der Waals surface area contributed by atoms with E-state index in [1.54, 1.807) is 31.5 Å². The SMILES string of the molecule is CC(O)(Cc1cccnc1)c1cccc(F)c1. The van der Waals surface area contributed by atoms with Gasteiger partial charge in [-0.05, 0) is 36.2 Å². The molecule has 0 bridgehead atoms. The molecule has 0 aliphatic carbocycles. The van der Waals surface area contributed by atoms with Crippen LogP contribution in [0.3, 0.4) is 0 Å². The van der Waals surface area contributed by atoms with Crippen LogP contribution in [0.2, 0.25) is 0 Å². The molecule has 1 atom stereocenters. The summed E-state index contributed by atoms with van der Waals surface area (Å²) in [4.78, 5) is 3.99. The normalized spacial score (nSPS) is 14.3. The van der Waals surface area contributed by atoms with E-state index < -0.39 is 5.60 Å². The molecule has 1 N–H and O–H groups in total. The van der Waals surface area contributed by atoms with Crippen LogP contribution in [0.4, 0.5) is 4.39 Å². The Hall–Kier alpha value is -1.74. The van der Waals surface area contributed by atoms with Crippen molar-refractivity contribution in [1.82, 2.24) is 4.98 Å². The maximum atomic E-state index is 13.1. The smallest absolute Gasteiger partial charge is 0.123 e. The molecule has 2 aromatic rings. The lowest BCUT2D eigenvalue weighted by atomic mass is 9.89. The minimum atomic E-state index is -1.09. The van der Waals surface area contributed by atoms with Crippen LogP contribution in [0, 0.1) is 5.82 Å².